The second kappa shape index (κ2) is 8.99. The molecule has 28 heavy (non-hydrogen) atoms. The lowest BCUT2D eigenvalue weighted by molar-refractivity contribution is -0.354. The van der Waals surface area contributed by atoms with Crippen LogP contribution in [-0.2, 0) is 14.2 Å². The van der Waals surface area contributed by atoms with Crippen molar-refractivity contribution in [2.45, 2.75) is 68.3 Å². The number of aliphatic hydroxyl groups excluding tert-OH is 6. The fraction of sp³-hybridized carbons (Fsp3) is 0.667. The van der Waals surface area contributed by atoms with Crippen molar-refractivity contribution in [2.75, 3.05) is 6.61 Å². The molecule has 10 heteroatoms. The third kappa shape index (κ3) is 4.30. The van der Waals surface area contributed by atoms with E-state index in [9.17, 15) is 30.6 Å². The fourth-order valence-electron chi connectivity index (χ4n) is 3.21. The zero-order valence-electron chi connectivity index (χ0n) is 15.2. The smallest absolute Gasteiger partial charge is 0.229 e. The molecule has 2 heterocycles. The Labute approximate surface area is 161 Å². The molecule has 6 N–H and O–H groups in total. The van der Waals surface area contributed by atoms with Crippen LogP contribution in [0.3, 0.4) is 0 Å². The van der Waals surface area contributed by atoms with E-state index in [2.05, 4.69) is 0 Å². The second-order valence-corrected chi connectivity index (χ2v) is 6.92. The van der Waals surface area contributed by atoms with E-state index in [1.807, 2.05) is 0 Å². The highest BCUT2D eigenvalue weighted by molar-refractivity contribution is 5.21. The Hall–Kier alpha value is -1.34. The third-order valence-corrected chi connectivity index (χ3v) is 4.92. The van der Waals surface area contributed by atoms with Crippen molar-refractivity contribution in [3.05, 3.63) is 30.3 Å². The summed E-state index contributed by atoms with van der Waals surface area (Å²) in [6.07, 6.45) is -13.5. The predicted octanol–water partition coefficient (Wildman–Crippen LogP) is -2.28. The minimum atomic E-state index is -1.61. The molecular formula is C18H26O10. The maximum Gasteiger partial charge on any atom is 0.229 e. The Kier molecular flexibility index (Phi) is 6.86. The number of ether oxygens (including phenoxy) is 4. The third-order valence-electron chi connectivity index (χ3n) is 4.92. The Morgan fingerprint density at radius 1 is 0.821 bits per heavy atom. The lowest BCUT2D eigenvalue weighted by Gasteiger charge is -2.45. The average Bonchev–Trinajstić information content (AvgIpc) is 2.70. The molecule has 3 rings (SSSR count). The molecule has 10 nitrogen and oxygen atoms in total. The van der Waals surface area contributed by atoms with Crippen LogP contribution in [0.1, 0.15) is 6.92 Å². The summed E-state index contributed by atoms with van der Waals surface area (Å²) in [7, 11) is 0. The van der Waals surface area contributed by atoms with Gasteiger partial charge in [-0.05, 0) is 19.1 Å². The fourth-order valence-corrected chi connectivity index (χ4v) is 3.21. The molecule has 158 valence electrons. The first kappa shape index (κ1) is 21.4. The SMILES string of the molecule is C[C@@H]1O[C@@H](O[C@H]2[C@H](Oc3ccccc3)O[C@H](CO)[C@H](O)[C@@H]2O)[C@@H](O)[C@H](O)[C@@H]1O. The first-order valence-corrected chi connectivity index (χ1v) is 9.02. The summed E-state index contributed by atoms with van der Waals surface area (Å²) in [5.74, 6) is 0.385. The van der Waals surface area contributed by atoms with Gasteiger partial charge in [0, 0.05) is 0 Å². The molecule has 0 saturated carbocycles. The maximum atomic E-state index is 10.5. The van der Waals surface area contributed by atoms with Crippen molar-refractivity contribution >= 4 is 0 Å². The summed E-state index contributed by atoms with van der Waals surface area (Å²) < 4.78 is 22.2. The van der Waals surface area contributed by atoms with Crippen LogP contribution in [0.15, 0.2) is 30.3 Å². The second-order valence-electron chi connectivity index (χ2n) is 6.92. The highest BCUT2D eigenvalue weighted by atomic mass is 16.8. The zero-order valence-corrected chi connectivity index (χ0v) is 15.2. The van der Waals surface area contributed by atoms with Crippen LogP contribution in [0, 0.1) is 0 Å². The number of aliphatic hydroxyl groups is 6. The number of hydrogen-bond acceptors (Lipinski definition) is 10. The standard InChI is InChI=1S/C18H26O10/c1-8-11(20)13(22)15(24)17(25-8)28-16-14(23)12(21)10(7-19)27-18(16)26-9-5-3-2-4-6-9/h2-6,8,10-24H,7H2,1H3/t8-,10+,11+,12-,13+,14-,15-,16+,17-,18+/m0/s1. The molecule has 0 spiro atoms. The van der Waals surface area contributed by atoms with Gasteiger partial charge >= 0.3 is 0 Å². The molecule has 2 saturated heterocycles. The summed E-state index contributed by atoms with van der Waals surface area (Å²) in [6, 6.07) is 8.49. The van der Waals surface area contributed by atoms with Crippen molar-refractivity contribution in [1.29, 1.82) is 0 Å². The number of para-hydroxylation sites is 1. The Bertz CT molecular complexity index is 616. The number of hydrogen-bond donors (Lipinski definition) is 6. The molecule has 0 aromatic heterocycles. The van der Waals surface area contributed by atoms with Crippen molar-refractivity contribution < 1.29 is 49.6 Å². The van der Waals surface area contributed by atoms with Gasteiger partial charge in [-0.2, -0.15) is 0 Å². The van der Waals surface area contributed by atoms with E-state index < -0.39 is 68.0 Å². The number of benzene rings is 1. The van der Waals surface area contributed by atoms with Crippen LogP contribution >= 0.6 is 0 Å². The van der Waals surface area contributed by atoms with Crippen molar-refractivity contribution in [3.8, 4) is 5.75 Å². The van der Waals surface area contributed by atoms with E-state index >= 15 is 0 Å². The highest BCUT2D eigenvalue weighted by Gasteiger charge is 2.50. The predicted molar refractivity (Wildman–Crippen MR) is 92.1 cm³/mol. The van der Waals surface area contributed by atoms with E-state index in [-0.39, 0.29) is 0 Å². The van der Waals surface area contributed by atoms with Gasteiger partial charge in [0.25, 0.3) is 0 Å². The van der Waals surface area contributed by atoms with Crippen LogP contribution in [0.4, 0.5) is 0 Å². The minimum Gasteiger partial charge on any atom is -0.462 e. The average molecular weight is 402 g/mol. The van der Waals surface area contributed by atoms with E-state index in [0.717, 1.165) is 0 Å². The van der Waals surface area contributed by atoms with E-state index in [0.29, 0.717) is 5.75 Å². The van der Waals surface area contributed by atoms with Gasteiger partial charge in [-0.1, -0.05) is 18.2 Å². The quantitative estimate of drug-likeness (QED) is 0.317. The van der Waals surface area contributed by atoms with E-state index in [1.165, 1.54) is 6.92 Å². The molecule has 0 aliphatic carbocycles. The largest absolute Gasteiger partial charge is 0.462 e. The molecular weight excluding hydrogens is 376 g/mol. The van der Waals surface area contributed by atoms with Gasteiger partial charge in [0.2, 0.25) is 6.29 Å². The normalized spacial score (nSPS) is 44.2. The van der Waals surface area contributed by atoms with Gasteiger partial charge in [-0.3, -0.25) is 0 Å². The van der Waals surface area contributed by atoms with E-state index in [4.69, 9.17) is 18.9 Å². The van der Waals surface area contributed by atoms with E-state index in [1.54, 1.807) is 30.3 Å². The monoisotopic (exact) mass is 402 g/mol. The van der Waals surface area contributed by atoms with Crippen LogP contribution in [0.25, 0.3) is 0 Å². The molecule has 1 aromatic rings. The molecule has 10 atom stereocenters. The lowest BCUT2D eigenvalue weighted by atomic mass is 9.97. The summed E-state index contributed by atoms with van der Waals surface area (Å²) in [5.41, 5.74) is 0. The Morgan fingerprint density at radius 2 is 1.50 bits per heavy atom. The Morgan fingerprint density at radius 3 is 2.14 bits per heavy atom. The van der Waals surface area contributed by atoms with Gasteiger partial charge in [-0.25, -0.2) is 0 Å². The van der Waals surface area contributed by atoms with Crippen LogP contribution in [-0.4, -0.2) is 98.7 Å². The summed E-state index contributed by atoms with van der Waals surface area (Å²) in [5, 5.41) is 60.0. The summed E-state index contributed by atoms with van der Waals surface area (Å²) >= 11 is 0. The maximum absolute atomic E-state index is 10.5. The molecule has 0 amide bonds. The molecule has 2 aliphatic rings. The van der Waals surface area contributed by atoms with Gasteiger partial charge in [0.1, 0.15) is 42.4 Å². The van der Waals surface area contributed by atoms with Crippen LogP contribution in [0.5, 0.6) is 5.75 Å². The van der Waals surface area contributed by atoms with Gasteiger partial charge < -0.3 is 49.6 Å². The van der Waals surface area contributed by atoms with Gasteiger partial charge in [0.05, 0.1) is 12.7 Å². The lowest BCUT2D eigenvalue weighted by Crippen LogP contribution is -2.64. The molecule has 2 fully saturated rings. The van der Waals surface area contributed by atoms with Gasteiger partial charge in [0.15, 0.2) is 12.4 Å². The van der Waals surface area contributed by atoms with Crippen molar-refractivity contribution in [2.24, 2.45) is 0 Å². The van der Waals surface area contributed by atoms with Crippen molar-refractivity contribution in [3.63, 3.8) is 0 Å². The molecule has 2 aliphatic heterocycles. The first-order chi connectivity index (χ1) is 13.3. The van der Waals surface area contributed by atoms with Gasteiger partial charge in [-0.15, -0.1) is 0 Å². The molecule has 0 bridgehead atoms. The topological polar surface area (TPSA) is 158 Å². The zero-order chi connectivity index (χ0) is 20.4. The summed E-state index contributed by atoms with van der Waals surface area (Å²) in [4.78, 5) is 0. The first-order valence-electron chi connectivity index (χ1n) is 9.02. The van der Waals surface area contributed by atoms with Crippen LogP contribution < -0.4 is 4.74 Å². The molecule has 1 aromatic carbocycles. The van der Waals surface area contributed by atoms with Crippen LogP contribution in [0.2, 0.25) is 0 Å². The number of rotatable bonds is 5. The Balaban J connectivity index is 1.80. The summed E-state index contributed by atoms with van der Waals surface area (Å²) in [6.45, 7) is 0.919. The molecule has 0 unspecified atom stereocenters. The highest BCUT2D eigenvalue weighted by Crippen LogP contribution is 2.30. The van der Waals surface area contributed by atoms with Crippen molar-refractivity contribution in [1.82, 2.24) is 0 Å². The minimum absolute atomic E-state index is 0.385. The molecule has 0 radical (unpaired) electrons.